The van der Waals surface area contributed by atoms with Crippen LogP contribution in [0, 0.1) is 17.3 Å². The van der Waals surface area contributed by atoms with Gasteiger partial charge in [0.05, 0.1) is 30.7 Å². The Kier molecular flexibility index (Phi) is 8.69. The molecule has 10 nitrogen and oxygen atoms in total. The number of amides is 2. The Labute approximate surface area is 260 Å². The highest BCUT2D eigenvalue weighted by molar-refractivity contribution is 5.92. The summed E-state index contributed by atoms with van der Waals surface area (Å²) in [6, 6.07) is 3.15. The van der Waals surface area contributed by atoms with Crippen molar-refractivity contribution in [2.45, 2.75) is 103 Å². The van der Waals surface area contributed by atoms with E-state index in [1.165, 1.54) is 11.8 Å². The summed E-state index contributed by atoms with van der Waals surface area (Å²) in [4.78, 5) is 51.0. The second kappa shape index (κ2) is 11.9. The fourth-order valence-corrected chi connectivity index (χ4v) is 6.66. The first kappa shape index (κ1) is 32.7. The highest BCUT2D eigenvalue weighted by atomic mass is 19.4. The van der Waals surface area contributed by atoms with Crippen molar-refractivity contribution in [2.24, 2.45) is 17.3 Å². The molecule has 0 radical (unpaired) electrons. The van der Waals surface area contributed by atoms with E-state index in [0.29, 0.717) is 48.2 Å². The molecule has 2 fully saturated rings. The number of hydrogen-bond donors (Lipinski definition) is 1. The first-order valence-electron chi connectivity index (χ1n) is 15.4. The van der Waals surface area contributed by atoms with Crippen molar-refractivity contribution >= 4 is 28.8 Å². The zero-order valence-corrected chi connectivity index (χ0v) is 26.5. The molecule has 3 heterocycles. The molecule has 0 spiro atoms. The van der Waals surface area contributed by atoms with Gasteiger partial charge in [0.15, 0.2) is 5.78 Å². The Morgan fingerprint density at radius 3 is 2.49 bits per heavy atom. The van der Waals surface area contributed by atoms with Crippen LogP contribution < -0.4 is 14.8 Å². The lowest BCUT2D eigenvalue weighted by molar-refractivity contribution is -0.223. The number of hydrogen-bond acceptors (Lipinski definition) is 8. The smallest absolute Gasteiger partial charge is 0.428 e. The van der Waals surface area contributed by atoms with E-state index in [0.717, 1.165) is 0 Å². The predicted molar refractivity (Wildman–Crippen MR) is 158 cm³/mol. The van der Waals surface area contributed by atoms with Crippen molar-refractivity contribution in [1.29, 1.82) is 0 Å². The highest BCUT2D eigenvalue weighted by Gasteiger charge is 2.74. The second-order valence-corrected chi connectivity index (χ2v) is 13.6. The molecule has 1 aromatic carbocycles. The van der Waals surface area contributed by atoms with Crippen LogP contribution in [-0.2, 0) is 20.7 Å². The van der Waals surface area contributed by atoms with Crippen LogP contribution in [0.4, 0.5) is 18.0 Å². The molecule has 0 unspecified atom stereocenters. The van der Waals surface area contributed by atoms with Gasteiger partial charge in [0.25, 0.3) is 0 Å². The maximum absolute atomic E-state index is 14.2. The molecule has 45 heavy (non-hydrogen) atoms. The van der Waals surface area contributed by atoms with Crippen LogP contribution in [0.2, 0.25) is 0 Å². The molecule has 6 atom stereocenters. The van der Waals surface area contributed by atoms with Crippen LogP contribution in [0.15, 0.2) is 18.2 Å². The summed E-state index contributed by atoms with van der Waals surface area (Å²) in [5.74, 6) is -1.36. The maximum atomic E-state index is 14.2. The van der Waals surface area contributed by atoms with Crippen LogP contribution in [0.3, 0.4) is 0 Å². The zero-order chi connectivity index (χ0) is 32.9. The van der Waals surface area contributed by atoms with Crippen molar-refractivity contribution in [1.82, 2.24) is 20.2 Å². The number of ether oxygens (including phenoxy) is 3. The summed E-state index contributed by atoms with van der Waals surface area (Å²) in [6.07, 6.45) is -4.61. The van der Waals surface area contributed by atoms with E-state index in [4.69, 9.17) is 24.2 Å². The molecule has 13 heteroatoms. The minimum Gasteiger partial charge on any atom is -0.497 e. The quantitative estimate of drug-likeness (QED) is 0.467. The van der Waals surface area contributed by atoms with Crippen molar-refractivity contribution in [2.75, 3.05) is 13.7 Å². The third kappa shape index (κ3) is 6.40. The molecule has 2 amide bonds. The minimum atomic E-state index is -4.76. The first-order chi connectivity index (χ1) is 21.1. The van der Waals surface area contributed by atoms with Crippen LogP contribution in [-0.4, -0.2) is 76.3 Å². The van der Waals surface area contributed by atoms with Crippen molar-refractivity contribution in [3.05, 3.63) is 23.9 Å². The standard InChI is InChI=1S/C32H41F3N4O6/c1-17-24-16-39(25(17)18(2)40)28(41)26(30(3,4)5)38-29(42)45-31(32(33,34)35)15-19(31)10-8-7-9-11-22-27(44-24)37-23-14-20(43-6)12-13-21(23)36-22/h12-14,17,19,24-26H,7-11,15-16H2,1-6H3,(H,38,42)/t17-,19-,24+,25+,26-,31-/m1/s1. The normalized spacial score (nSPS) is 29.8. The summed E-state index contributed by atoms with van der Waals surface area (Å²) in [5.41, 5.74) is -1.75. The number of carbonyl (C=O) groups is 3. The maximum Gasteiger partial charge on any atom is 0.428 e. The van der Waals surface area contributed by atoms with Gasteiger partial charge in [-0.05, 0) is 43.7 Å². The molecule has 3 aliphatic rings. The van der Waals surface area contributed by atoms with Gasteiger partial charge in [0, 0.05) is 24.3 Å². The van der Waals surface area contributed by atoms with Crippen molar-refractivity contribution in [3.63, 3.8) is 0 Å². The van der Waals surface area contributed by atoms with Gasteiger partial charge in [-0.3, -0.25) is 9.59 Å². The number of alkyl halides is 3. The molecule has 1 N–H and O–H groups in total. The number of aryl methyl sites for hydroxylation is 1. The largest absolute Gasteiger partial charge is 0.497 e. The van der Waals surface area contributed by atoms with E-state index >= 15 is 0 Å². The Bertz CT molecular complexity index is 1480. The van der Waals surface area contributed by atoms with E-state index in [9.17, 15) is 27.6 Å². The summed E-state index contributed by atoms with van der Waals surface area (Å²) in [6.45, 7) is 8.23. The number of methoxy groups -OCH3 is 1. The van der Waals surface area contributed by atoms with Crippen LogP contribution in [0.5, 0.6) is 11.6 Å². The lowest BCUT2D eigenvalue weighted by atomic mass is 9.85. The summed E-state index contributed by atoms with van der Waals surface area (Å²) < 4.78 is 59.6. The second-order valence-electron chi connectivity index (χ2n) is 13.6. The number of benzene rings is 1. The topological polar surface area (TPSA) is 120 Å². The number of carbonyl (C=O) groups excluding carboxylic acids is 3. The fraction of sp³-hybridized carbons (Fsp3) is 0.656. The van der Waals surface area contributed by atoms with Gasteiger partial charge in [0.1, 0.15) is 23.6 Å². The number of nitrogens with zero attached hydrogens (tertiary/aromatic N) is 3. The number of alkyl carbamates (subject to hydrolysis) is 1. The van der Waals surface area contributed by atoms with Gasteiger partial charge in [-0.15, -0.1) is 0 Å². The average Bonchev–Trinajstić information content (AvgIpc) is 3.56. The first-order valence-corrected chi connectivity index (χ1v) is 15.4. The molecule has 1 aromatic heterocycles. The molecule has 1 saturated carbocycles. The molecule has 2 bridgehead atoms. The SMILES string of the molecule is COc1ccc2nc3c(nc2c1)O[C@H]1CN(C(=O)[C@H](C(C)(C)C)NC(=O)O[C@]2(C(F)(F)F)C[C@H]2CCCCC3)[C@H](C(C)=O)[C@@H]1C. The Balaban J connectivity index is 1.54. The molecule has 2 aromatic rings. The molecule has 1 saturated heterocycles. The van der Waals surface area contributed by atoms with E-state index in [1.807, 2.05) is 0 Å². The van der Waals surface area contributed by atoms with E-state index in [-0.39, 0.29) is 31.0 Å². The van der Waals surface area contributed by atoms with E-state index in [1.54, 1.807) is 53.0 Å². The lowest BCUT2D eigenvalue weighted by Crippen LogP contribution is -2.58. The molecule has 5 rings (SSSR count). The number of ketones is 1. The number of nitrogens with one attached hydrogen (secondary N) is 1. The fourth-order valence-electron chi connectivity index (χ4n) is 6.66. The van der Waals surface area contributed by atoms with Crippen LogP contribution >= 0.6 is 0 Å². The number of rotatable bonds is 2. The number of aromatic nitrogens is 2. The van der Waals surface area contributed by atoms with Crippen LogP contribution in [0.1, 0.15) is 72.4 Å². The molecular weight excluding hydrogens is 593 g/mol. The highest BCUT2D eigenvalue weighted by Crippen LogP contribution is 2.59. The lowest BCUT2D eigenvalue weighted by Gasteiger charge is -2.35. The van der Waals surface area contributed by atoms with Crippen LogP contribution in [0.25, 0.3) is 11.0 Å². The third-order valence-electron chi connectivity index (χ3n) is 9.31. The van der Waals surface area contributed by atoms with Gasteiger partial charge in [0.2, 0.25) is 17.4 Å². The number of Topliss-reactive ketones (excluding diaryl/α,β-unsaturated/α-hetero) is 1. The van der Waals surface area contributed by atoms with Gasteiger partial charge >= 0.3 is 12.3 Å². The van der Waals surface area contributed by atoms with Gasteiger partial charge in [-0.2, -0.15) is 13.2 Å². The number of halogens is 3. The molecule has 246 valence electrons. The molecule has 1 aliphatic carbocycles. The predicted octanol–water partition coefficient (Wildman–Crippen LogP) is 5.40. The van der Waals surface area contributed by atoms with Crippen molar-refractivity contribution < 1.29 is 41.8 Å². The summed E-state index contributed by atoms with van der Waals surface area (Å²) in [7, 11) is 1.55. The van der Waals surface area contributed by atoms with Gasteiger partial charge in [-0.1, -0.05) is 40.5 Å². The Morgan fingerprint density at radius 2 is 1.84 bits per heavy atom. The average molecular weight is 635 g/mol. The Morgan fingerprint density at radius 1 is 1.11 bits per heavy atom. The summed E-state index contributed by atoms with van der Waals surface area (Å²) in [5, 5.41) is 2.43. The van der Waals surface area contributed by atoms with Crippen molar-refractivity contribution in [3.8, 4) is 11.6 Å². The van der Waals surface area contributed by atoms with Gasteiger partial charge in [-0.25, -0.2) is 14.8 Å². The molecule has 2 aliphatic heterocycles. The number of fused-ring (bicyclic) bond motifs is 5. The zero-order valence-electron chi connectivity index (χ0n) is 26.5. The molecular formula is C32H41F3N4O6. The third-order valence-corrected chi connectivity index (χ3v) is 9.31. The Hall–Kier alpha value is -3.64. The summed E-state index contributed by atoms with van der Waals surface area (Å²) >= 11 is 0. The van der Waals surface area contributed by atoms with E-state index in [2.05, 4.69) is 5.32 Å². The monoisotopic (exact) mass is 634 g/mol. The minimum absolute atomic E-state index is 0.000610. The van der Waals surface area contributed by atoms with Gasteiger partial charge < -0.3 is 24.4 Å². The van der Waals surface area contributed by atoms with E-state index < -0.39 is 59.2 Å².